The van der Waals surface area contributed by atoms with Crippen LogP contribution in [-0.2, 0) is 6.54 Å². The zero-order valence-corrected chi connectivity index (χ0v) is 12.4. The van der Waals surface area contributed by atoms with E-state index in [2.05, 4.69) is 20.8 Å². The van der Waals surface area contributed by atoms with Gasteiger partial charge in [0.15, 0.2) is 0 Å². The van der Waals surface area contributed by atoms with Crippen LogP contribution in [0.4, 0.5) is 4.39 Å². The van der Waals surface area contributed by atoms with Crippen LogP contribution >= 0.6 is 28.1 Å². The van der Waals surface area contributed by atoms with E-state index in [9.17, 15) is 4.39 Å². The van der Waals surface area contributed by atoms with Crippen molar-refractivity contribution in [2.24, 2.45) is 11.7 Å². The average Bonchev–Trinajstić information content (AvgIpc) is 2.33. The molecule has 18 heavy (non-hydrogen) atoms. The smallest absolute Gasteiger partial charge is 0.124 e. The second-order valence-corrected chi connectivity index (χ2v) is 6.01. The second kappa shape index (κ2) is 6.08. The Morgan fingerprint density at radius 1 is 1.44 bits per heavy atom. The molecule has 0 amide bonds. The molecule has 5 heteroatoms. The van der Waals surface area contributed by atoms with Crippen LogP contribution in [0.5, 0.6) is 0 Å². The Kier molecular flexibility index (Phi) is 4.70. The maximum atomic E-state index is 13.0. The van der Waals surface area contributed by atoms with E-state index in [4.69, 9.17) is 18.0 Å². The zero-order chi connectivity index (χ0) is 13.1. The number of thiocarbonyl (C=S) groups is 1. The molecule has 0 atom stereocenters. The van der Waals surface area contributed by atoms with Crippen molar-refractivity contribution in [1.82, 2.24) is 4.90 Å². The Morgan fingerprint density at radius 2 is 2.11 bits per heavy atom. The molecule has 1 aliphatic heterocycles. The van der Waals surface area contributed by atoms with Gasteiger partial charge in [-0.1, -0.05) is 34.2 Å². The van der Waals surface area contributed by atoms with E-state index in [-0.39, 0.29) is 5.82 Å². The molecular weight excluding hydrogens is 315 g/mol. The first-order valence-electron chi connectivity index (χ1n) is 6.02. The third-order valence-electron chi connectivity index (χ3n) is 3.40. The van der Waals surface area contributed by atoms with Gasteiger partial charge in [0.2, 0.25) is 0 Å². The van der Waals surface area contributed by atoms with Gasteiger partial charge in [-0.2, -0.15) is 0 Å². The van der Waals surface area contributed by atoms with Gasteiger partial charge >= 0.3 is 0 Å². The SMILES string of the molecule is NC(=S)C1CCN(Cc2ccc(F)cc2Br)CC1. The zero-order valence-electron chi connectivity index (χ0n) is 10.0. The molecule has 0 spiro atoms. The van der Waals surface area contributed by atoms with E-state index in [1.807, 2.05) is 6.07 Å². The Labute approximate surface area is 120 Å². The summed E-state index contributed by atoms with van der Waals surface area (Å²) in [6.07, 6.45) is 2.04. The summed E-state index contributed by atoms with van der Waals surface area (Å²) in [7, 11) is 0. The Balaban J connectivity index is 1.93. The van der Waals surface area contributed by atoms with Crippen molar-refractivity contribution in [3.8, 4) is 0 Å². The van der Waals surface area contributed by atoms with Gasteiger partial charge in [-0.25, -0.2) is 4.39 Å². The molecule has 2 rings (SSSR count). The summed E-state index contributed by atoms with van der Waals surface area (Å²) >= 11 is 8.43. The molecule has 0 aliphatic carbocycles. The fraction of sp³-hybridized carbons (Fsp3) is 0.462. The van der Waals surface area contributed by atoms with Crippen LogP contribution in [0, 0.1) is 11.7 Å². The van der Waals surface area contributed by atoms with E-state index in [1.165, 1.54) is 12.1 Å². The molecule has 0 radical (unpaired) electrons. The molecule has 2 nitrogen and oxygen atoms in total. The molecule has 0 bridgehead atoms. The van der Waals surface area contributed by atoms with Gasteiger partial charge in [-0.05, 0) is 43.6 Å². The molecule has 1 saturated heterocycles. The normalized spacial score (nSPS) is 17.9. The number of halogens is 2. The maximum Gasteiger partial charge on any atom is 0.124 e. The van der Waals surface area contributed by atoms with Crippen LogP contribution in [0.2, 0.25) is 0 Å². The Hall–Kier alpha value is -0.520. The first-order chi connectivity index (χ1) is 8.56. The summed E-state index contributed by atoms with van der Waals surface area (Å²) in [6, 6.07) is 4.85. The predicted octanol–water partition coefficient (Wildman–Crippen LogP) is 3.09. The van der Waals surface area contributed by atoms with Crippen molar-refractivity contribution in [2.75, 3.05) is 13.1 Å². The Morgan fingerprint density at radius 3 is 2.67 bits per heavy atom. The molecule has 0 saturated carbocycles. The van der Waals surface area contributed by atoms with Gasteiger partial charge in [0.05, 0.1) is 4.99 Å². The lowest BCUT2D eigenvalue weighted by molar-refractivity contribution is 0.202. The summed E-state index contributed by atoms with van der Waals surface area (Å²) in [5.74, 6) is 0.172. The van der Waals surface area contributed by atoms with Crippen LogP contribution in [0.15, 0.2) is 22.7 Å². The monoisotopic (exact) mass is 330 g/mol. The molecule has 1 aliphatic rings. The number of nitrogens with two attached hydrogens (primary N) is 1. The van der Waals surface area contributed by atoms with Gasteiger partial charge in [0.25, 0.3) is 0 Å². The number of likely N-dealkylation sites (tertiary alicyclic amines) is 1. The van der Waals surface area contributed by atoms with E-state index in [0.29, 0.717) is 10.9 Å². The fourth-order valence-corrected chi connectivity index (χ4v) is 2.98. The molecule has 2 N–H and O–H groups in total. The summed E-state index contributed by atoms with van der Waals surface area (Å²) in [6.45, 7) is 2.82. The van der Waals surface area contributed by atoms with Crippen molar-refractivity contribution >= 4 is 33.1 Å². The van der Waals surface area contributed by atoms with E-state index < -0.39 is 0 Å². The van der Waals surface area contributed by atoms with Crippen LogP contribution < -0.4 is 5.73 Å². The third-order valence-corrected chi connectivity index (χ3v) is 4.47. The predicted molar refractivity (Wildman–Crippen MR) is 78.9 cm³/mol. The van der Waals surface area contributed by atoms with Crippen molar-refractivity contribution in [1.29, 1.82) is 0 Å². The number of rotatable bonds is 3. The molecule has 1 heterocycles. The standard InChI is InChI=1S/C13H16BrFN2S/c14-12-7-11(15)2-1-10(12)8-17-5-3-9(4-6-17)13(16)18/h1-2,7,9H,3-6,8H2,(H2,16,18). The molecule has 98 valence electrons. The summed E-state index contributed by atoms with van der Waals surface area (Å²) in [5.41, 5.74) is 6.79. The molecule has 1 aromatic rings. The molecular formula is C13H16BrFN2S. The minimum absolute atomic E-state index is 0.210. The lowest BCUT2D eigenvalue weighted by Gasteiger charge is -2.31. The highest BCUT2D eigenvalue weighted by Crippen LogP contribution is 2.23. The van der Waals surface area contributed by atoms with E-state index >= 15 is 0 Å². The fourth-order valence-electron chi connectivity index (χ4n) is 2.27. The summed E-state index contributed by atoms with van der Waals surface area (Å²) < 4.78 is 13.8. The largest absolute Gasteiger partial charge is 0.393 e. The summed E-state index contributed by atoms with van der Waals surface area (Å²) in [4.78, 5) is 2.99. The lowest BCUT2D eigenvalue weighted by Crippen LogP contribution is -2.37. The highest BCUT2D eigenvalue weighted by molar-refractivity contribution is 9.10. The summed E-state index contributed by atoms with van der Waals surface area (Å²) in [5, 5.41) is 0. The number of hydrogen-bond donors (Lipinski definition) is 1. The first-order valence-corrected chi connectivity index (χ1v) is 7.22. The maximum absolute atomic E-state index is 13.0. The van der Waals surface area contributed by atoms with Crippen LogP contribution in [0.25, 0.3) is 0 Å². The van der Waals surface area contributed by atoms with Crippen molar-refractivity contribution < 1.29 is 4.39 Å². The molecule has 0 aromatic heterocycles. The van der Waals surface area contributed by atoms with Crippen molar-refractivity contribution in [2.45, 2.75) is 19.4 Å². The average molecular weight is 331 g/mol. The molecule has 0 unspecified atom stereocenters. The van der Waals surface area contributed by atoms with Crippen LogP contribution in [0.3, 0.4) is 0 Å². The van der Waals surface area contributed by atoms with Gasteiger partial charge in [0.1, 0.15) is 5.82 Å². The topological polar surface area (TPSA) is 29.3 Å². The first kappa shape index (κ1) is 13.9. The highest BCUT2D eigenvalue weighted by Gasteiger charge is 2.21. The number of piperidine rings is 1. The minimum Gasteiger partial charge on any atom is -0.393 e. The number of hydrogen-bond acceptors (Lipinski definition) is 2. The van der Waals surface area contributed by atoms with Crippen LogP contribution in [0.1, 0.15) is 18.4 Å². The third kappa shape index (κ3) is 3.49. The van der Waals surface area contributed by atoms with Gasteiger partial charge in [0, 0.05) is 16.9 Å². The quantitative estimate of drug-likeness (QED) is 0.863. The van der Waals surface area contributed by atoms with Crippen molar-refractivity contribution in [3.05, 3.63) is 34.1 Å². The van der Waals surface area contributed by atoms with E-state index in [1.54, 1.807) is 0 Å². The van der Waals surface area contributed by atoms with Gasteiger partial charge in [-0.3, -0.25) is 4.90 Å². The minimum atomic E-state index is -0.210. The second-order valence-electron chi connectivity index (χ2n) is 4.69. The number of benzene rings is 1. The van der Waals surface area contributed by atoms with Gasteiger partial charge in [-0.15, -0.1) is 0 Å². The lowest BCUT2D eigenvalue weighted by atomic mass is 9.96. The van der Waals surface area contributed by atoms with Gasteiger partial charge < -0.3 is 5.73 Å². The molecule has 1 fully saturated rings. The highest BCUT2D eigenvalue weighted by atomic mass is 79.9. The molecule has 1 aromatic carbocycles. The van der Waals surface area contributed by atoms with Crippen molar-refractivity contribution in [3.63, 3.8) is 0 Å². The Bertz CT molecular complexity index is 445. The van der Waals surface area contributed by atoms with E-state index in [0.717, 1.165) is 42.5 Å². The van der Waals surface area contributed by atoms with Crippen LogP contribution in [-0.4, -0.2) is 23.0 Å². The number of nitrogens with zero attached hydrogens (tertiary/aromatic N) is 1.